The maximum absolute atomic E-state index is 13.6. The first-order chi connectivity index (χ1) is 14.9. The fourth-order valence-corrected chi connectivity index (χ4v) is 7.57. The van der Waals surface area contributed by atoms with Crippen LogP contribution in [0.15, 0.2) is 0 Å². The van der Waals surface area contributed by atoms with E-state index >= 15 is 0 Å². The summed E-state index contributed by atoms with van der Waals surface area (Å²) in [6, 6.07) is -0.364. The number of thioether (sulfide) groups is 1. The molecule has 0 radical (unpaired) electrons. The van der Waals surface area contributed by atoms with Crippen molar-refractivity contribution in [2.45, 2.75) is 126 Å². The third-order valence-corrected chi connectivity index (χ3v) is 8.43. The smallest absolute Gasteiger partial charge is 0.408 e. The highest BCUT2D eigenvalue weighted by Gasteiger charge is 2.60. The molecule has 1 heterocycles. The summed E-state index contributed by atoms with van der Waals surface area (Å²) in [7, 11) is 0. The van der Waals surface area contributed by atoms with Crippen molar-refractivity contribution in [1.29, 1.82) is 0 Å². The molecule has 0 aromatic heterocycles. The third kappa shape index (κ3) is 5.91. The quantitative estimate of drug-likeness (QED) is 0.642. The van der Waals surface area contributed by atoms with Crippen LogP contribution in [0, 0.1) is 0 Å². The number of nitrogens with zero attached hydrogens (tertiary/aromatic N) is 1. The maximum atomic E-state index is 13.6. The lowest BCUT2D eigenvalue weighted by molar-refractivity contribution is -0.144. The van der Waals surface area contributed by atoms with Gasteiger partial charge in [0.2, 0.25) is 11.8 Å². The Morgan fingerprint density at radius 2 is 1.59 bits per heavy atom. The molecule has 3 aliphatic rings. The Morgan fingerprint density at radius 3 is 2.19 bits per heavy atom. The largest absolute Gasteiger partial charge is 0.444 e. The lowest BCUT2D eigenvalue weighted by Crippen LogP contribution is -2.60. The van der Waals surface area contributed by atoms with Gasteiger partial charge in [-0.25, -0.2) is 4.79 Å². The number of carbonyl (C=O) groups is 3. The van der Waals surface area contributed by atoms with Crippen LogP contribution in [0.5, 0.6) is 0 Å². The molecule has 3 amide bonds. The van der Waals surface area contributed by atoms with Crippen LogP contribution in [0.2, 0.25) is 0 Å². The van der Waals surface area contributed by atoms with Gasteiger partial charge in [-0.05, 0) is 60.3 Å². The Morgan fingerprint density at radius 1 is 1.00 bits per heavy atom. The van der Waals surface area contributed by atoms with Gasteiger partial charge in [0.15, 0.2) is 0 Å². The van der Waals surface area contributed by atoms with E-state index in [2.05, 4.69) is 24.5 Å². The number of nitrogens with one attached hydrogen (secondary N) is 2. The van der Waals surface area contributed by atoms with Gasteiger partial charge in [-0.1, -0.05) is 38.5 Å². The van der Waals surface area contributed by atoms with Crippen molar-refractivity contribution in [2.24, 2.45) is 0 Å². The van der Waals surface area contributed by atoms with Crippen LogP contribution in [0.25, 0.3) is 0 Å². The molecule has 0 aromatic carbocycles. The van der Waals surface area contributed by atoms with Crippen molar-refractivity contribution in [3.05, 3.63) is 0 Å². The van der Waals surface area contributed by atoms with Gasteiger partial charge in [-0.3, -0.25) is 9.59 Å². The first-order valence-electron chi connectivity index (χ1n) is 12.2. The average Bonchev–Trinajstić information content (AvgIpc) is 2.92. The van der Waals surface area contributed by atoms with Gasteiger partial charge in [-0.2, -0.15) is 0 Å². The molecule has 0 bridgehead atoms. The maximum Gasteiger partial charge on any atom is 0.408 e. The first kappa shape index (κ1) is 25.2. The minimum Gasteiger partial charge on any atom is -0.444 e. The summed E-state index contributed by atoms with van der Waals surface area (Å²) in [6.45, 7) is 9.35. The molecule has 1 atom stereocenters. The highest BCUT2D eigenvalue weighted by atomic mass is 32.2. The van der Waals surface area contributed by atoms with Gasteiger partial charge in [0.1, 0.15) is 18.2 Å². The van der Waals surface area contributed by atoms with E-state index < -0.39 is 22.5 Å². The molecule has 0 unspecified atom stereocenters. The minimum absolute atomic E-state index is 0.0533. The summed E-state index contributed by atoms with van der Waals surface area (Å²) in [6.07, 6.45) is 9.90. The second-order valence-corrected chi connectivity index (χ2v) is 13.1. The topological polar surface area (TPSA) is 87.7 Å². The summed E-state index contributed by atoms with van der Waals surface area (Å²) >= 11 is 1.77. The van der Waals surface area contributed by atoms with Crippen molar-refractivity contribution in [2.75, 3.05) is 6.54 Å². The number of rotatable bonds is 4. The van der Waals surface area contributed by atoms with Gasteiger partial charge in [-0.15, -0.1) is 11.8 Å². The zero-order valence-electron chi connectivity index (χ0n) is 20.4. The molecule has 2 aliphatic carbocycles. The fourth-order valence-electron chi connectivity index (χ4n) is 5.47. The molecule has 2 saturated carbocycles. The highest BCUT2D eigenvalue weighted by molar-refractivity contribution is 8.02. The fraction of sp³-hybridized carbons (Fsp3) is 0.875. The summed E-state index contributed by atoms with van der Waals surface area (Å²) in [5.41, 5.74) is -0.633. The SMILES string of the molecule is CC(C)(C)OC(=O)NCC(=O)N1[C@H](C(=O)NC2CCCCC2)C(C)(C)SC12CCCCC2. The highest BCUT2D eigenvalue weighted by Crippen LogP contribution is 2.57. The molecule has 3 fully saturated rings. The van der Waals surface area contributed by atoms with Crippen molar-refractivity contribution in [3.8, 4) is 0 Å². The predicted molar refractivity (Wildman–Crippen MR) is 127 cm³/mol. The van der Waals surface area contributed by atoms with Crippen LogP contribution < -0.4 is 10.6 Å². The molecule has 1 aliphatic heterocycles. The zero-order chi connectivity index (χ0) is 23.6. The van der Waals surface area contributed by atoms with E-state index in [1.165, 1.54) is 6.42 Å². The van der Waals surface area contributed by atoms with Gasteiger partial charge < -0.3 is 20.3 Å². The third-order valence-electron chi connectivity index (χ3n) is 6.70. The Bertz CT molecular complexity index is 707. The van der Waals surface area contributed by atoms with E-state index in [1.54, 1.807) is 32.5 Å². The lowest BCUT2D eigenvalue weighted by atomic mass is 9.89. The molecular weight excluding hydrogens is 426 g/mol. The van der Waals surface area contributed by atoms with Gasteiger partial charge in [0.05, 0.1) is 4.87 Å². The van der Waals surface area contributed by atoms with Crippen LogP contribution in [-0.2, 0) is 14.3 Å². The summed E-state index contributed by atoms with van der Waals surface area (Å²) in [5, 5.41) is 5.87. The molecule has 32 heavy (non-hydrogen) atoms. The number of amides is 3. The Kier molecular flexibility index (Phi) is 7.73. The van der Waals surface area contributed by atoms with E-state index in [9.17, 15) is 14.4 Å². The lowest BCUT2D eigenvalue weighted by Gasteiger charge is -2.42. The molecule has 1 saturated heterocycles. The average molecular weight is 468 g/mol. The van der Waals surface area contributed by atoms with E-state index in [4.69, 9.17) is 4.74 Å². The number of alkyl carbamates (subject to hydrolysis) is 1. The van der Waals surface area contributed by atoms with Gasteiger partial charge in [0, 0.05) is 10.8 Å². The van der Waals surface area contributed by atoms with Gasteiger partial charge >= 0.3 is 6.09 Å². The van der Waals surface area contributed by atoms with Gasteiger partial charge in [0.25, 0.3) is 0 Å². The Hall–Kier alpha value is -1.44. The van der Waals surface area contributed by atoms with Crippen molar-refractivity contribution < 1.29 is 19.1 Å². The number of ether oxygens (including phenoxy) is 1. The predicted octanol–water partition coefficient (Wildman–Crippen LogP) is 4.34. The number of hydrogen-bond acceptors (Lipinski definition) is 5. The Balaban J connectivity index is 1.79. The van der Waals surface area contributed by atoms with Crippen LogP contribution >= 0.6 is 11.8 Å². The van der Waals surface area contributed by atoms with E-state index in [0.717, 1.165) is 57.8 Å². The summed E-state index contributed by atoms with van der Waals surface area (Å²) in [4.78, 5) is 40.7. The Labute approximate surface area is 197 Å². The van der Waals surface area contributed by atoms with Crippen LogP contribution in [0.4, 0.5) is 4.79 Å². The number of hydrogen-bond donors (Lipinski definition) is 2. The van der Waals surface area contributed by atoms with Crippen LogP contribution in [0.1, 0.15) is 98.8 Å². The van der Waals surface area contributed by atoms with E-state index in [0.29, 0.717) is 0 Å². The molecule has 7 nitrogen and oxygen atoms in total. The molecule has 3 rings (SSSR count). The standard InChI is InChI=1S/C24H41N3O4S/c1-22(2,3)31-21(30)25-16-18(28)27-19(20(29)26-17-12-8-6-9-13-17)23(4,5)32-24(27)14-10-7-11-15-24/h17,19H,6-16H2,1-5H3,(H,25,30)(H,26,29)/t19-/m1/s1. The second-order valence-electron chi connectivity index (χ2n) is 11.1. The monoisotopic (exact) mass is 467 g/mol. The van der Waals surface area contributed by atoms with E-state index in [-0.39, 0.29) is 29.3 Å². The second kappa shape index (κ2) is 9.82. The van der Waals surface area contributed by atoms with E-state index in [1.807, 2.05) is 4.90 Å². The van der Waals surface area contributed by atoms with Crippen molar-refractivity contribution in [3.63, 3.8) is 0 Å². The first-order valence-corrected chi connectivity index (χ1v) is 13.0. The summed E-state index contributed by atoms with van der Waals surface area (Å²) < 4.78 is 4.89. The molecule has 1 spiro atoms. The van der Waals surface area contributed by atoms with Crippen LogP contribution in [0.3, 0.4) is 0 Å². The molecular formula is C24H41N3O4S. The molecule has 0 aromatic rings. The zero-order valence-corrected chi connectivity index (χ0v) is 21.2. The summed E-state index contributed by atoms with van der Waals surface area (Å²) in [5.74, 6) is -0.262. The molecule has 2 N–H and O–H groups in total. The number of carbonyl (C=O) groups excluding carboxylic acids is 3. The van der Waals surface area contributed by atoms with Crippen LogP contribution in [-0.4, -0.2) is 56.7 Å². The minimum atomic E-state index is -0.633. The normalized spacial score (nSPS) is 25.4. The van der Waals surface area contributed by atoms with Crippen molar-refractivity contribution >= 4 is 29.7 Å². The molecule has 8 heteroatoms. The molecule has 182 valence electrons. The van der Waals surface area contributed by atoms with Crippen molar-refractivity contribution in [1.82, 2.24) is 15.5 Å².